The molecular weight excluding hydrogens is 522 g/mol. The van der Waals surface area contributed by atoms with Gasteiger partial charge in [-0.05, 0) is 47.9 Å². The molecule has 4 rings (SSSR count). The Morgan fingerprint density at radius 2 is 2.00 bits per heavy atom. The molecule has 1 saturated heterocycles. The third-order valence-corrected chi connectivity index (χ3v) is 5.44. The quantitative estimate of drug-likeness (QED) is 0.216. The number of aliphatic imine (C=N–C) groups is 1. The van der Waals surface area contributed by atoms with Gasteiger partial charge in [-0.1, -0.05) is 12.1 Å². The van der Waals surface area contributed by atoms with Gasteiger partial charge < -0.3 is 25.8 Å². The molecular formula is C23H28FIN6O. The summed E-state index contributed by atoms with van der Waals surface area (Å²) in [7, 11) is 1.74. The van der Waals surface area contributed by atoms with Crippen molar-refractivity contribution >= 4 is 52.4 Å². The second-order valence-corrected chi connectivity index (χ2v) is 7.54. The van der Waals surface area contributed by atoms with Crippen LogP contribution in [0.15, 0.2) is 53.7 Å². The first-order valence-corrected chi connectivity index (χ1v) is 10.4. The highest BCUT2D eigenvalue weighted by Crippen LogP contribution is 2.19. The number of piperazine rings is 1. The topological polar surface area (TPSA) is 84.6 Å². The number of carbonyl (C=O) groups is 1. The van der Waals surface area contributed by atoms with Crippen LogP contribution in [0.1, 0.15) is 11.1 Å². The number of aromatic nitrogens is 1. The van der Waals surface area contributed by atoms with Crippen LogP contribution in [0.25, 0.3) is 10.9 Å². The molecule has 1 fully saturated rings. The maximum absolute atomic E-state index is 13.5. The van der Waals surface area contributed by atoms with Crippen molar-refractivity contribution in [2.24, 2.45) is 4.99 Å². The van der Waals surface area contributed by atoms with E-state index in [4.69, 9.17) is 0 Å². The Bertz CT molecular complexity index is 1080. The molecule has 0 bridgehead atoms. The van der Waals surface area contributed by atoms with Crippen LogP contribution < -0.4 is 20.9 Å². The maximum Gasteiger partial charge on any atom is 0.239 e. The summed E-state index contributed by atoms with van der Waals surface area (Å²) in [4.78, 5) is 21.1. The predicted octanol–water partition coefficient (Wildman–Crippen LogP) is 2.77. The van der Waals surface area contributed by atoms with E-state index in [-0.39, 0.29) is 35.7 Å². The number of fused-ring (bicyclic) bond motifs is 1. The molecule has 0 radical (unpaired) electrons. The zero-order valence-electron chi connectivity index (χ0n) is 18.0. The Morgan fingerprint density at radius 1 is 1.19 bits per heavy atom. The minimum Gasteiger partial charge on any atom is -0.361 e. The van der Waals surface area contributed by atoms with Crippen molar-refractivity contribution in [3.05, 3.63) is 65.6 Å². The van der Waals surface area contributed by atoms with E-state index < -0.39 is 0 Å². The first kappa shape index (κ1) is 23.8. The van der Waals surface area contributed by atoms with Crippen LogP contribution in [0.3, 0.4) is 0 Å². The van der Waals surface area contributed by atoms with Gasteiger partial charge in [0, 0.05) is 56.0 Å². The van der Waals surface area contributed by atoms with Gasteiger partial charge in [-0.15, -0.1) is 24.0 Å². The second kappa shape index (κ2) is 11.2. The predicted molar refractivity (Wildman–Crippen MR) is 137 cm³/mol. The fourth-order valence-electron chi connectivity index (χ4n) is 3.76. The average molecular weight is 550 g/mol. The number of aromatic amines is 1. The molecule has 0 unspecified atom stereocenters. The number of hydrogen-bond donors (Lipinski definition) is 4. The van der Waals surface area contributed by atoms with Gasteiger partial charge in [0.15, 0.2) is 5.96 Å². The van der Waals surface area contributed by atoms with E-state index in [2.05, 4.69) is 43.0 Å². The standard InChI is InChI=1S/C23H27FN6O.HI/c1-25-23(27-9-8-17-14-28-21-7-4-18(24)12-20(17)21)29-13-16-2-5-19(6-3-16)30-11-10-26-22(31)15-30;/h2-7,12,14,28H,8-11,13,15H2,1H3,(H,26,31)(H2,25,27,29);1H. The fraction of sp³-hybridized carbons (Fsp3) is 0.304. The van der Waals surface area contributed by atoms with E-state index in [0.717, 1.165) is 40.7 Å². The van der Waals surface area contributed by atoms with Gasteiger partial charge in [0.25, 0.3) is 0 Å². The van der Waals surface area contributed by atoms with Gasteiger partial charge in [-0.2, -0.15) is 0 Å². The Kier molecular flexibility index (Phi) is 8.32. The SMILES string of the molecule is CN=C(NCCc1c[nH]c2ccc(F)cc12)NCc1ccc(N2CCNC(=O)C2)cc1.I. The molecule has 170 valence electrons. The number of halogens is 2. The van der Waals surface area contributed by atoms with Gasteiger partial charge in [0.2, 0.25) is 5.91 Å². The first-order chi connectivity index (χ1) is 15.1. The van der Waals surface area contributed by atoms with Crippen LogP contribution in [0.5, 0.6) is 0 Å². The number of amides is 1. The normalized spacial score (nSPS) is 14.1. The van der Waals surface area contributed by atoms with Crippen molar-refractivity contribution in [1.82, 2.24) is 20.9 Å². The zero-order valence-corrected chi connectivity index (χ0v) is 20.3. The highest BCUT2D eigenvalue weighted by Gasteiger charge is 2.16. The summed E-state index contributed by atoms with van der Waals surface area (Å²) in [6, 6.07) is 13.0. The van der Waals surface area contributed by atoms with Crippen molar-refractivity contribution < 1.29 is 9.18 Å². The summed E-state index contributed by atoms with van der Waals surface area (Å²) in [5, 5.41) is 10.4. The van der Waals surface area contributed by atoms with E-state index in [0.29, 0.717) is 32.1 Å². The second-order valence-electron chi connectivity index (χ2n) is 7.54. The number of H-pyrrole nitrogens is 1. The summed E-state index contributed by atoms with van der Waals surface area (Å²) in [5.41, 5.74) is 4.18. The summed E-state index contributed by atoms with van der Waals surface area (Å²) in [6.07, 6.45) is 2.68. The number of nitrogens with one attached hydrogen (secondary N) is 4. The monoisotopic (exact) mass is 550 g/mol. The molecule has 1 aliphatic heterocycles. The molecule has 4 N–H and O–H groups in total. The highest BCUT2D eigenvalue weighted by atomic mass is 127. The summed E-state index contributed by atoms with van der Waals surface area (Å²) in [5.74, 6) is 0.542. The number of guanidine groups is 1. The van der Waals surface area contributed by atoms with E-state index in [1.807, 2.05) is 18.3 Å². The lowest BCUT2D eigenvalue weighted by atomic mass is 10.1. The van der Waals surface area contributed by atoms with Gasteiger partial charge in [0.1, 0.15) is 5.82 Å². The molecule has 7 nitrogen and oxygen atoms in total. The van der Waals surface area contributed by atoms with E-state index >= 15 is 0 Å². The minimum atomic E-state index is -0.228. The molecule has 3 aromatic rings. The number of carbonyl (C=O) groups excluding carboxylic acids is 1. The van der Waals surface area contributed by atoms with Crippen LogP contribution in [0.4, 0.5) is 10.1 Å². The third-order valence-electron chi connectivity index (χ3n) is 5.44. The lowest BCUT2D eigenvalue weighted by Gasteiger charge is -2.28. The van der Waals surface area contributed by atoms with Crippen molar-refractivity contribution in [3.8, 4) is 0 Å². The summed E-state index contributed by atoms with van der Waals surface area (Å²) in [6.45, 7) is 3.22. The molecule has 0 saturated carbocycles. The van der Waals surface area contributed by atoms with Gasteiger partial charge >= 0.3 is 0 Å². The van der Waals surface area contributed by atoms with Gasteiger partial charge in [-0.3, -0.25) is 9.79 Å². The van der Waals surface area contributed by atoms with Crippen molar-refractivity contribution in [1.29, 1.82) is 0 Å². The molecule has 2 heterocycles. The Hall–Kier alpha value is -2.82. The molecule has 9 heteroatoms. The number of hydrogen-bond acceptors (Lipinski definition) is 3. The van der Waals surface area contributed by atoms with E-state index in [1.165, 1.54) is 6.07 Å². The molecule has 0 spiro atoms. The molecule has 2 aromatic carbocycles. The zero-order chi connectivity index (χ0) is 21.6. The maximum atomic E-state index is 13.5. The average Bonchev–Trinajstić information content (AvgIpc) is 3.18. The molecule has 32 heavy (non-hydrogen) atoms. The number of nitrogens with zero attached hydrogens (tertiary/aromatic N) is 2. The molecule has 0 atom stereocenters. The lowest BCUT2D eigenvalue weighted by molar-refractivity contribution is -0.120. The van der Waals surface area contributed by atoms with Crippen LogP contribution in [0, 0.1) is 5.82 Å². The molecule has 0 aliphatic carbocycles. The van der Waals surface area contributed by atoms with Crippen molar-refractivity contribution in [3.63, 3.8) is 0 Å². The third kappa shape index (κ3) is 5.90. The van der Waals surface area contributed by atoms with Crippen LogP contribution in [-0.2, 0) is 17.8 Å². The summed E-state index contributed by atoms with van der Waals surface area (Å²) < 4.78 is 13.5. The van der Waals surface area contributed by atoms with Crippen molar-refractivity contribution in [2.75, 3.05) is 38.1 Å². The van der Waals surface area contributed by atoms with Crippen LogP contribution >= 0.6 is 24.0 Å². The Balaban J connectivity index is 0.00000289. The minimum absolute atomic E-state index is 0. The smallest absolute Gasteiger partial charge is 0.239 e. The lowest BCUT2D eigenvalue weighted by Crippen LogP contribution is -2.47. The van der Waals surface area contributed by atoms with Gasteiger partial charge in [0.05, 0.1) is 6.54 Å². The Morgan fingerprint density at radius 3 is 2.75 bits per heavy atom. The number of benzene rings is 2. The molecule has 1 amide bonds. The largest absolute Gasteiger partial charge is 0.361 e. The number of rotatable bonds is 6. The van der Waals surface area contributed by atoms with Gasteiger partial charge in [-0.25, -0.2) is 4.39 Å². The Labute approximate surface area is 203 Å². The fourth-order valence-corrected chi connectivity index (χ4v) is 3.76. The van der Waals surface area contributed by atoms with Crippen LogP contribution in [0.2, 0.25) is 0 Å². The summed E-state index contributed by atoms with van der Waals surface area (Å²) >= 11 is 0. The number of anilines is 1. The first-order valence-electron chi connectivity index (χ1n) is 10.4. The van der Waals surface area contributed by atoms with E-state index in [9.17, 15) is 9.18 Å². The van der Waals surface area contributed by atoms with E-state index in [1.54, 1.807) is 19.2 Å². The van der Waals surface area contributed by atoms with Crippen LogP contribution in [-0.4, -0.2) is 50.1 Å². The molecule has 1 aromatic heterocycles. The molecule has 1 aliphatic rings. The van der Waals surface area contributed by atoms with Crippen molar-refractivity contribution in [2.45, 2.75) is 13.0 Å². The highest BCUT2D eigenvalue weighted by molar-refractivity contribution is 14.0.